The lowest BCUT2D eigenvalue weighted by Crippen LogP contribution is -1.99. The van der Waals surface area contributed by atoms with Crippen LogP contribution in [0.2, 0.25) is 0 Å². The fraction of sp³-hybridized carbons (Fsp3) is 0.250. The van der Waals surface area contributed by atoms with Gasteiger partial charge in [-0.15, -0.1) is 0 Å². The van der Waals surface area contributed by atoms with E-state index in [0.717, 1.165) is 17.4 Å². The number of halogens is 1. The highest BCUT2D eigenvalue weighted by molar-refractivity contribution is 9.10. The first-order chi connectivity index (χ1) is 7.70. The van der Waals surface area contributed by atoms with Gasteiger partial charge in [0.05, 0.1) is 0 Å². The van der Waals surface area contributed by atoms with E-state index in [4.69, 9.17) is 9.52 Å². The number of hydrogen-bond acceptors (Lipinski definition) is 3. The van der Waals surface area contributed by atoms with Crippen LogP contribution in [0.25, 0.3) is 11.0 Å². The zero-order valence-electron chi connectivity index (χ0n) is 8.57. The van der Waals surface area contributed by atoms with Crippen LogP contribution in [-0.4, -0.2) is 11.7 Å². The molecule has 4 heteroatoms. The van der Waals surface area contributed by atoms with Gasteiger partial charge in [0.1, 0.15) is 10.1 Å². The van der Waals surface area contributed by atoms with Gasteiger partial charge < -0.3 is 9.52 Å². The fourth-order valence-electron chi connectivity index (χ4n) is 1.57. The second-order valence-corrected chi connectivity index (χ2v) is 4.44. The van der Waals surface area contributed by atoms with Crippen LogP contribution in [0, 0.1) is 0 Å². The Labute approximate surface area is 101 Å². The zero-order chi connectivity index (χ0) is 11.5. The standard InChI is InChI=1S/C12H11BrO3/c13-10-7-9-4-3-8(2-1-5-14)6-11(9)16-12(10)15/h3-4,6-7,14H,1-2,5H2. The molecule has 84 valence electrons. The molecule has 16 heavy (non-hydrogen) atoms. The molecule has 0 unspecified atom stereocenters. The summed E-state index contributed by atoms with van der Waals surface area (Å²) in [7, 11) is 0. The van der Waals surface area contributed by atoms with E-state index in [1.165, 1.54) is 0 Å². The number of benzene rings is 1. The molecule has 0 aliphatic heterocycles. The van der Waals surface area contributed by atoms with E-state index in [2.05, 4.69) is 15.9 Å². The number of hydrogen-bond donors (Lipinski definition) is 1. The molecule has 1 aromatic heterocycles. The predicted molar refractivity (Wildman–Crippen MR) is 65.6 cm³/mol. The molecule has 0 fully saturated rings. The molecule has 0 saturated heterocycles. The average Bonchev–Trinajstić information content (AvgIpc) is 2.28. The average molecular weight is 283 g/mol. The lowest BCUT2D eigenvalue weighted by molar-refractivity contribution is 0.288. The Hall–Kier alpha value is -1.13. The van der Waals surface area contributed by atoms with Crippen molar-refractivity contribution in [3.05, 3.63) is 44.7 Å². The SMILES string of the molecule is O=c1oc2cc(CCCO)ccc2cc1Br. The minimum absolute atomic E-state index is 0.169. The molecule has 0 bridgehead atoms. The smallest absolute Gasteiger partial charge is 0.350 e. The quantitative estimate of drug-likeness (QED) is 0.880. The minimum atomic E-state index is -0.369. The molecular weight excluding hydrogens is 272 g/mol. The lowest BCUT2D eigenvalue weighted by atomic mass is 10.1. The van der Waals surface area contributed by atoms with Crippen molar-refractivity contribution >= 4 is 26.9 Å². The van der Waals surface area contributed by atoms with Gasteiger partial charge in [0, 0.05) is 12.0 Å². The summed E-state index contributed by atoms with van der Waals surface area (Å²) in [6.45, 7) is 0.169. The highest BCUT2D eigenvalue weighted by Gasteiger charge is 2.03. The minimum Gasteiger partial charge on any atom is -0.422 e. The Morgan fingerprint density at radius 3 is 2.88 bits per heavy atom. The van der Waals surface area contributed by atoms with Gasteiger partial charge in [-0.3, -0.25) is 0 Å². The van der Waals surface area contributed by atoms with Crippen molar-refractivity contribution in [2.45, 2.75) is 12.8 Å². The van der Waals surface area contributed by atoms with E-state index in [-0.39, 0.29) is 12.2 Å². The highest BCUT2D eigenvalue weighted by Crippen LogP contribution is 2.18. The summed E-state index contributed by atoms with van der Waals surface area (Å²) in [5.74, 6) is 0. The normalized spacial score (nSPS) is 10.9. The molecule has 1 heterocycles. The van der Waals surface area contributed by atoms with Crippen molar-refractivity contribution in [2.24, 2.45) is 0 Å². The Bertz CT molecular complexity index is 560. The highest BCUT2D eigenvalue weighted by atomic mass is 79.9. The van der Waals surface area contributed by atoms with E-state index in [9.17, 15) is 4.79 Å². The maximum absolute atomic E-state index is 11.3. The van der Waals surface area contributed by atoms with Crippen LogP contribution in [-0.2, 0) is 6.42 Å². The third kappa shape index (κ3) is 2.33. The van der Waals surface area contributed by atoms with Gasteiger partial charge >= 0.3 is 5.63 Å². The van der Waals surface area contributed by atoms with E-state index in [0.29, 0.717) is 16.5 Å². The first-order valence-corrected chi connectivity index (χ1v) is 5.83. The van der Waals surface area contributed by atoms with Gasteiger partial charge in [-0.1, -0.05) is 12.1 Å². The number of aliphatic hydroxyl groups is 1. The second kappa shape index (κ2) is 4.80. The van der Waals surface area contributed by atoms with Crippen LogP contribution in [0.5, 0.6) is 0 Å². The molecule has 0 saturated carbocycles. The number of fused-ring (bicyclic) bond motifs is 1. The van der Waals surface area contributed by atoms with Crippen molar-refractivity contribution in [3.63, 3.8) is 0 Å². The molecule has 1 aromatic carbocycles. The van der Waals surface area contributed by atoms with Crippen LogP contribution >= 0.6 is 15.9 Å². The molecule has 2 aromatic rings. The summed E-state index contributed by atoms with van der Waals surface area (Å²) >= 11 is 3.14. The third-order valence-electron chi connectivity index (χ3n) is 2.38. The molecule has 3 nitrogen and oxygen atoms in total. The molecule has 0 spiro atoms. The summed E-state index contributed by atoms with van der Waals surface area (Å²) < 4.78 is 5.58. The summed E-state index contributed by atoms with van der Waals surface area (Å²) in [6.07, 6.45) is 1.50. The third-order valence-corrected chi connectivity index (χ3v) is 2.93. The van der Waals surface area contributed by atoms with E-state index >= 15 is 0 Å². The zero-order valence-corrected chi connectivity index (χ0v) is 10.2. The molecule has 1 N–H and O–H groups in total. The first kappa shape index (κ1) is 11.4. The van der Waals surface area contributed by atoms with E-state index in [1.54, 1.807) is 6.07 Å². The van der Waals surface area contributed by atoms with Gasteiger partial charge in [-0.05, 0) is 46.5 Å². The fourth-order valence-corrected chi connectivity index (χ4v) is 1.90. The van der Waals surface area contributed by atoms with Crippen molar-refractivity contribution < 1.29 is 9.52 Å². The monoisotopic (exact) mass is 282 g/mol. The summed E-state index contributed by atoms with van der Waals surface area (Å²) in [5, 5.41) is 9.63. The van der Waals surface area contributed by atoms with Crippen molar-refractivity contribution in [3.8, 4) is 0 Å². The maximum Gasteiger partial charge on any atom is 0.350 e. The molecular formula is C12H11BrO3. The van der Waals surface area contributed by atoms with Crippen molar-refractivity contribution in [2.75, 3.05) is 6.61 Å². The van der Waals surface area contributed by atoms with Gasteiger partial charge in [0.15, 0.2) is 0 Å². The Balaban J connectivity index is 2.45. The topological polar surface area (TPSA) is 50.4 Å². The lowest BCUT2D eigenvalue weighted by Gasteiger charge is -2.02. The van der Waals surface area contributed by atoms with E-state index in [1.807, 2.05) is 18.2 Å². The molecule has 0 radical (unpaired) electrons. The molecule has 0 aliphatic rings. The van der Waals surface area contributed by atoms with Crippen molar-refractivity contribution in [1.29, 1.82) is 0 Å². The van der Waals surface area contributed by atoms with Crippen LogP contribution in [0.15, 0.2) is 37.9 Å². The van der Waals surface area contributed by atoms with Crippen LogP contribution < -0.4 is 5.63 Å². The predicted octanol–water partition coefficient (Wildman–Crippen LogP) is 2.48. The van der Waals surface area contributed by atoms with Gasteiger partial charge in [0.25, 0.3) is 0 Å². The van der Waals surface area contributed by atoms with Gasteiger partial charge in [0.2, 0.25) is 0 Å². The largest absolute Gasteiger partial charge is 0.422 e. The van der Waals surface area contributed by atoms with Crippen LogP contribution in [0.1, 0.15) is 12.0 Å². The Kier molecular flexibility index (Phi) is 3.41. The molecule has 0 aliphatic carbocycles. The van der Waals surface area contributed by atoms with Crippen LogP contribution in [0.4, 0.5) is 0 Å². The Morgan fingerprint density at radius 1 is 1.31 bits per heavy atom. The summed E-state index contributed by atoms with van der Waals surface area (Å²) in [5.41, 5.74) is 1.28. The second-order valence-electron chi connectivity index (χ2n) is 3.58. The molecule has 0 amide bonds. The first-order valence-electron chi connectivity index (χ1n) is 5.04. The Morgan fingerprint density at radius 2 is 2.12 bits per heavy atom. The number of aryl methyl sites for hydroxylation is 1. The van der Waals surface area contributed by atoms with Gasteiger partial charge in [-0.2, -0.15) is 0 Å². The van der Waals surface area contributed by atoms with Gasteiger partial charge in [-0.25, -0.2) is 4.79 Å². The number of rotatable bonds is 3. The van der Waals surface area contributed by atoms with Crippen molar-refractivity contribution in [1.82, 2.24) is 0 Å². The summed E-state index contributed by atoms with van der Waals surface area (Å²) in [6, 6.07) is 7.48. The summed E-state index contributed by atoms with van der Waals surface area (Å²) in [4.78, 5) is 11.3. The maximum atomic E-state index is 11.3. The number of aliphatic hydroxyl groups excluding tert-OH is 1. The van der Waals surface area contributed by atoms with E-state index < -0.39 is 0 Å². The molecule has 0 atom stereocenters. The van der Waals surface area contributed by atoms with Crippen LogP contribution in [0.3, 0.4) is 0 Å². The molecule has 2 rings (SSSR count).